The fourth-order valence-electron chi connectivity index (χ4n) is 2.85. The van der Waals surface area contributed by atoms with E-state index in [1.165, 1.54) is 0 Å². The lowest BCUT2D eigenvalue weighted by Crippen LogP contribution is -2.33. The molecule has 3 aromatic rings. The van der Waals surface area contributed by atoms with Gasteiger partial charge in [-0.2, -0.15) is 0 Å². The van der Waals surface area contributed by atoms with E-state index in [-0.39, 0.29) is 5.91 Å². The Balaban J connectivity index is 1.90. The number of carbonyl (C=O) groups is 1. The van der Waals surface area contributed by atoms with Crippen LogP contribution in [0.4, 0.5) is 5.13 Å². The molecule has 4 nitrogen and oxygen atoms in total. The van der Waals surface area contributed by atoms with Crippen molar-refractivity contribution in [3.63, 3.8) is 0 Å². The van der Waals surface area contributed by atoms with Crippen LogP contribution in [0.5, 0.6) is 0 Å². The van der Waals surface area contributed by atoms with Crippen molar-refractivity contribution < 1.29 is 4.79 Å². The molecule has 0 saturated heterocycles. The molecule has 0 fully saturated rings. The van der Waals surface area contributed by atoms with Gasteiger partial charge in [0.15, 0.2) is 5.13 Å². The molecule has 0 N–H and O–H groups in total. The second-order valence-corrected chi connectivity index (χ2v) is 8.89. The van der Waals surface area contributed by atoms with Gasteiger partial charge < -0.3 is 4.90 Å². The summed E-state index contributed by atoms with van der Waals surface area (Å²) < 4.78 is 1.10. The van der Waals surface area contributed by atoms with Crippen LogP contribution in [-0.2, 0) is 0 Å². The fourth-order valence-corrected chi connectivity index (χ4v) is 4.55. The van der Waals surface area contributed by atoms with E-state index in [0.29, 0.717) is 6.54 Å². The summed E-state index contributed by atoms with van der Waals surface area (Å²) in [5.74, 6) is 1.01. The standard InChI is InChI=1S/C21H25N3OS2/c1-4-26-17-10-7-9-16(15-17)20(25)24(14-8-13-23(2)3)21-22-18-11-5-6-12-19(18)27-21/h5-7,9-12,15H,4,8,13-14H2,1-3H3. The predicted octanol–water partition coefficient (Wildman–Crippen LogP) is 5.01. The number of rotatable bonds is 8. The summed E-state index contributed by atoms with van der Waals surface area (Å²) in [6, 6.07) is 15.9. The van der Waals surface area contributed by atoms with Gasteiger partial charge in [0, 0.05) is 17.0 Å². The van der Waals surface area contributed by atoms with Gasteiger partial charge in [-0.05, 0) is 63.1 Å². The van der Waals surface area contributed by atoms with E-state index in [1.807, 2.05) is 41.3 Å². The molecule has 2 aromatic carbocycles. The Bertz CT molecular complexity index is 874. The summed E-state index contributed by atoms with van der Waals surface area (Å²) in [5.41, 5.74) is 1.66. The zero-order chi connectivity index (χ0) is 19.2. The SMILES string of the molecule is CCSc1cccc(C(=O)N(CCCN(C)C)c2nc3ccccc3s2)c1. The number of thiazole rings is 1. The van der Waals surface area contributed by atoms with Crippen LogP contribution in [0.15, 0.2) is 53.4 Å². The molecule has 6 heteroatoms. The predicted molar refractivity (Wildman–Crippen MR) is 117 cm³/mol. The lowest BCUT2D eigenvalue weighted by atomic mass is 10.2. The number of nitrogens with zero attached hydrogens (tertiary/aromatic N) is 3. The molecule has 0 aliphatic rings. The molecule has 0 bridgehead atoms. The zero-order valence-corrected chi connectivity index (χ0v) is 17.6. The van der Waals surface area contributed by atoms with Crippen LogP contribution in [0, 0.1) is 0 Å². The number of carbonyl (C=O) groups excluding carboxylic acids is 1. The van der Waals surface area contributed by atoms with Crippen LogP contribution in [0.3, 0.4) is 0 Å². The first-order chi connectivity index (χ1) is 13.1. The second-order valence-electron chi connectivity index (χ2n) is 6.54. The number of hydrogen-bond donors (Lipinski definition) is 0. The summed E-state index contributed by atoms with van der Waals surface area (Å²) in [4.78, 5) is 23.1. The van der Waals surface area contributed by atoms with Crippen molar-refractivity contribution in [1.29, 1.82) is 0 Å². The first kappa shape index (κ1) is 19.9. The van der Waals surface area contributed by atoms with Crippen LogP contribution in [0.25, 0.3) is 10.2 Å². The Morgan fingerprint density at radius 3 is 2.67 bits per heavy atom. The van der Waals surface area contributed by atoms with E-state index in [2.05, 4.69) is 38.1 Å². The molecule has 0 spiro atoms. The van der Waals surface area contributed by atoms with Crippen molar-refractivity contribution >= 4 is 44.4 Å². The van der Waals surface area contributed by atoms with E-state index >= 15 is 0 Å². The molecule has 1 heterocycles. The van der Waals surface area contributed by atoms with E-state index in [0.717, 1.165) is 44.5 Å². The lowest BCUT2D eigenvalue weighted by Gasteiger charge is -2.21. The van der Waals surface area contributed by atoms with Gasteiger partial charge in [0.05, 0.1) is 10.2 Å². The molecule has 0 saturated carbocycles. The van der Waals surface area contributed by atoms with E-state index in [4.69, 9.17) is 4.98 Å². The van der Waals surface area contributed by atoms with Gasteiger partial charge in [-0.25, -0.2) is 4.98 Å². The summed E-state index contributed by atoms with van der Waals surface area (Å²) in [5, 5.41) is 0.772. The minimum atomic E-state index is 0.0198. The first-order valence-electron chi connectivity index (χ1n) is 9.13. The summed E-state index contributed by atoms with van der Waals surface area (Å²) >= 11 is 3.33. The normalized spacial score (nSPS) is 11.3. The Kier molecular flexibility index (Phi) is 6.88. The van der Waals surface area contributed by atoms with Crippen LogP contribution in [0.2, 0.25) is 0 Å². The highest BCUT2D eigenvalue weighted by Gasteiger charge is 2.21. The number of fused-ring (bicyclic) bond motifs is 1. The topological polar surface area (TPSA) is 36.4 Å². The second kappa shape index (κ2) is 9.35. The first-order valence-corrected chi connectivity index (χ1v) is 10.9. The molecule has 0 radical (unpaired) electrons. The number of thioether (sulfide) groups is 1. The van der Waals surface area contributed by atoms with Crippen molar-refractivity contribution in [2.75, 3.05) is 37.8 Å². The van der Waals surface area contributed by atoms with Crippen molar-refractivity contribution in [1.82, 2.24) is 9.88 Å². The Labute approximate surface area is 169 Å². The van der Waals surface area contributed by atoms with Gasteiger partial charge >= 0.3 is 0 Å². The Morgan fingerprint density at radius 2 is 1.93 bits per heavy atom. The van der Waals surface area contributed by atoms with Crippen molar-refractivity contribution in [3.8, 4) is 0 Å². The molecule has 0 aliphatic carbocycles. The maximum Gasteiger partial charge on any atom is 0.260 e. The third kappa shape index (κ3) is 5.09. The molecular weight excluding hydrogens is 374 g/mol. The number of amides is 1. The highest BCUT2D eigenvalue weighted by molar-refractivity contribution is 7.99. The van der Waals surface area contributed by atoms with Crippen LogP contribution in [-0.4, -0.2) is 48.7 Å². The maximum atomic E-state index is 13.3. The Hall–Kier alpha value is -1.89. The fraction of sp³-hybridized carbons (Fsp3) is 0.333. The van der Waals surface area contributed by atoms with Crippen LogP contribution >= 0.6 is 23.1 Å². The molecule has 0 unspecified atom stereocenters. The summed E-state index contributed by atoms with van der Waals surface area (Å²) in [7, 11) is 4.10. The third-order valence-corrected chi connectivity index (χ3v) is 6.07. The highest BCUT2D eigenvalue weighted by Crippen LogP contribution is 2.30. The monoisotopic (exact) mass is 399 g/mol. The largest absolute Gasteiger partial charge is 0.309 e. The molecule has 0 aliphatic heterocycles. The smallest absolute Gasteiger partial charge is 0.260 e. The van der Waals surface area contributed by atoms with Crippen molar-refractivity contribution in [2.45, 2.75) is 18.2 Å². The van der Waals surface area contributed by atoms with Crippen molar-refractivity contribution in [2.24, 2.45) is 0 Å². The quantitative estimate of drug-likeness (QED) is 0.499. The third-order valence-electron chi connectivity index (χ3n) is 4.14. The number of anilines is 1. The minimum absolute atomic E-state index is 0.0198. The summed E-state index contributed by atoms with van der Waals surface area (Å²) in [6.45, 7) is 3.70. The number of aromatic nitrogens is 1. The van der Waals surface area contributed by atoms with Crippen LogP contribution in [0.1, 0.15) is 23.7 Å². The molecular formula is C21H25N3OS2. The van der Waals surface area contributed by atoms with Gasteiger partial charge in [0.25, 0.3) is 5.91 Å². The molecule has 3 rings (SSSR count). The maximum absolute atomic E-state index is 13.3. The molecule has 0 atom stereocenters. The number of hydrogen-bond acceptors (Lipinski definition) is 5. The average Bonchev–Trinajstić information content (AvgIpc) is 3.09. The van der Waals surface area contributed by atoms with Gasteiger partial charge in [0.1, 0.15) is 0 Å². The molecule has 27 heavy (non-hydrogen) atoms. The molecule has 1 amide bonds. The lowest BCUT2D eigenvalue weighted by molar-refractivity contribution is 0.0986. The number of para-hydroxylation sites is 1. The zero-order valence-electron chi connectivity index (χ0n) is 16.0. The van der Waals surface area contributed by atoms with Gasteiger partial charge in [0.2, 0.25) is 0 Å². The molecule has 142 valence electrons. The van der Waals surface area contributed by atoms with Gasteiger partial charge in [-0.1, -0.05) is 36.5 Å². The van der Waals surface area contributed by atoms with Gasteiger partial charge in [-0.15, -0.1) is 11.8 Å². The number of benzene rings is 2. The summed E-state index contributed by atoms with van der Waals surface area (Å²) in [6.07, 6.45) is 0.901. The van der Waals surface area contributed by atoms with Crippen LogP contribution < -0.4 is 4.90 Å². The Morgan fingerprint density at radius 1 is 1.11 bits per heavy atom. The average molecular weight is 400 g/mol. The highest BCUT2D eigenvalue weighted by atomic mass is 32.2. The minimum Gasteiger partial charge on any atom is -0.309 e. The molecule has 1 aromatic heterocycles. The van der Waals surface area contributed by atoms with Gasteiger partial charge in [-0.3, -0.25) is 9.69 Å². The van der Waals surface area contributed by atoms with Crippen molar-refractivity contribution in [3.05, 3.63) is 54.1 Å². The van der Waals surface area contributed by atoms with E-state index < -0.39 is 0 Å². The van der Waals surface area contributed by atoms with E-state index in [1.54, 1.807) is 23.1 Å². The van der Waals surface area contributed by atoms with E-state index in [9.17, 15) is 4.79 Å².